The quantitative estimate of drug-likeness (QED) is 0.386. The van der Waals surface area contributed by atoms with E-state index in [0.717, 1.165) is 31.7 Å². The Morgan fingerprint density at radius 2 is 2.16 bits per heavy atom. The molecule has 1 aliphatic heterocycles. The van der Waals surface area contributed by atoms with Crippen molar-refractivity contribution in [3.05, 3.63) is 35.4 Å². The van der Waals surface area contributed by atoms with Gasteiger partial charge in [-0.15, -0.1) is 24.0 Å². The van der Waals surface area contributed by atoms with Crippen molar-refractivity contribution < 1.29 is 9.53 Å². The molecule has 0 spiro atoms. The van der Waals surface area contributed by atoms with Crippen molar-refractivity contribution in [2.24, 2.45) is 10.9 Å². The van der Waals surface area contributed by atoms with E-state index in [-0.39, 0.29) is 36.4 Å². The van der Waals surface area contributed by atoms with E-state index >= 15 is 0 Å². The van der Waals surface area contributed by atoms with Crippen LogP contribution in [0.2, 0.25) is 0 Å². The maximum Gasteiger partial charge on any atom is 0.241 e. The molecule has 1 heterocycles. The van der Waals surface area contributed by atoms with Crippen LogP contribution in [-0.4, -0.2) is 57.2 Å². The number of ether oxygens (including phenoxy) is 1. The van der Waals surface area contributed by atoms with Gasteiger partial charge < -0.3 is 20.3 Å². The van der Waals surface area contributed by atoms with Gasteiger partial charge >= 0.3 is 0 Å². The molecule has 0 saturated carbocycles. The fourth-order valence-electron chi connectivity index (χ4n) is 2.46. The molecule has 0 bridgehead atoms. The van der Waals surface area contributed by atoms with Gasteiger partial charge in [0.25, 0.3) is 0 Å². The number of rotatable bonds is 6. The second-order valence-corrected chi connectivity index (χ2v) is 6.41. The maximum absolute atomic E-state index is 11.8. The first-order chi connectivity index (χ1) is 11.5. The first-order valence-corrected chi connectivity index (χ1v) is 8.40. The molecule has 7 heteroatoms. The number of benzene rings is 1. The summed E-state index contributed by atoms with van der Waals surface area (Å²) in [5, 5.41) is 6.45. The van der Waals surface area contributed by atoms with Crippen LogP contribution in [0.3, 0.4) is 0 Å². The molecule has 1 fully saturated rings. The number of aryl methyl sites for hydroxylation is 1. The highest BCUT2D eigenvalue weighted by atomic mass is 127. The van der Waals surface area contributed by atoms with Crippen molar-refractivity contribution in [3.8, 4) is 0 Å². The van der Waals surface area contributed by atoms with Gasteiger partial charge in [0, 0.05) is 33.2 Å². The fraction of sp³-hybridized carbons (Fsp3) is 0.556. The van der Waals surface area contributed by atoms with Crippen molar-refractivity contribution in [2.75, 3.05) is 40.4 Å². The molecule has 1 aromatic rings. The van der Waals surface area contributed by atoms with E-state index in [2.05, 4.69) is 40.7 Å². The van der Waals surface area contributed by atoms with Gasteiger partial charge in [0.15, 0.2) is 5.96 Å². The fourth-order valence-corrected chi connectivity index (χ4v) is 2.46. The van der Waals surface area contributed by atoms with Crippen LogP contribution in [0, 0.1) is 12.8 Å². The Bertz CT molecular complexity index is 572. The highest BCUT2D eigenvalue weighted by Crippen LogP contribution is 2.10. The predicted octanol–water partition coefficient (Wildman–Crippen LogP) is 1.77. The molecule has 1 aromatic carbocycles. The monoisotopic (exact) mass is 460 g/mol. The molecule has 1 saturated heterocycles. The van der Waals surface area contributed by atoms with E-state index in [1.165, 1.54) is 5.56 Å². The average Bonchev–Trinajstić information content (AvgIpc) is 3.07. The Balaban J connectivity index is 0.00000312. The Hall–Kier alpha value is -1.35. The van der Waals surface area contributed by atoms with E-state index < -0.39 is 0 Å². The molecule has 140 valence electrons. The van der Waals surface area contributed by atoms with Gasteiger partial charge in [-0.25, -0.2) is 4.99 Å². The zero-order valence-electron chi connectivity index (χ0n) is 15.2. The van der Waals surface area contributed by atoms with Crippen LogP contribution >= 0.6 is 24.0 Å². The highest BCUT2D eigenvalue weighted by molar-refractivity contribution is 14.0. The van der Waals surface area contributed by atoms with E-state index in [1.807, 2.05) is 6.07 Å². The zero-order chi connectivity index (χ0) is 17.4. The van der Waals surface area contributed by atoms with E-state index in [0.29, 0.717) is 18.4 Å². The summed E-state index contributed by atoms with van der Waals surface area (Å²) < 4.78 is 5.40. The van der Waals surface area contributed by atoms with Gasteiger partial charge in [0.1, 0.15) is 0 Å². The SMILES string of the molecule is Cc1cccc(CN=C(NCC(=O)N(C)C)NCC2CCOC2)c1.I. The molecule has 2 rings (SSSR count). The summed E-state index contributed by atoms with van der Waals surface area (Å²) >= 11 is 0. The molecular formula is C18H29IN4O2. The topological polar surface area (TPSA) is 66.0 Å². The van der Waals surface area contributed by atoms with Crippen LogP contribution in [-0.2, 0) is 16.1 Å². The summed E-state index contributed by atoms with van der Waals surface area (Å²) in [4.78, 5) is 18.0. The Morgan fingerprint density at radius 3 is 2.80 bits per heavy atom. The minimum atomic E-state index is 0. The van der Waals surface area contributed by atoms with Gasteiger partial charge in [-0.3, -0.25) is 4.79 Å². The number of aliphatic imine (C=N–C) groups is 1. The van der Waals surface area contributed by atoms with Gasteiger partial charge in [-0.05, 0) is 18.9 Å². The standard InChI is InChI=1S/C18H28N4O2.HI/c1-14-5-4-6-15(9-14)10-19-18(21-12-17(23)22(2)3)20-11-16-7-8-24-13-16;/h4-6,9,16H,7-8,10-13H2,1-3H3,(H2,19,20,21);1H. The van der Waals surface area contributed by atoms with Crippen LogP contribution < -0.4 is 10.6 Å². The molecule has 0 aromatic heterocycles. The minimum absolute atomic E-state index is 0. The number of carbonyl (C=O) groups is 1. The normalized spacial score (nSPS) is 16.9. The summed E-state index contributed by atoms with van der Waals surface area (Å²) in [6, 6.07) is 8.29. The summed E-state index contributed by atoms with van der Waals surface area (Å²) in [5.41, 5.74) is 2.37. The van der Waals surface area contributed by atoms with E-state index in [9.17, 15) is 4.79 Å². The molecule has 0 aliphatic carbocycles. The number of hydrogen-bond acceptors (Lipinski definition) is 3. The number of likely N-dealkylation sites (N-methyl/N-ethyl adjacent to an activating group) is 1. The van der Waals surface area contributed by atoms with Crippen molar-refractivity contribution in [1.82, 2.24) is 15.5 Å². The lowest BCUT2D eigenvalue weighted by Gasteiger charge is -2.16. The predicted molar refractivity (Wildman–Crippen MR) is 111 cm³/mol. The number of hydrogen-bond donors (Lipinski definition) is 2. The number of carbonyl (C=O) groups excluding carboxylic acids is 1. The molecule has 1 aliphatic rings. The van der Waals surface area contributed by atoms with Crippen molar-refractivity contribution >= 4 is 35.8 Å². The Morgan fingerprint density at radius 1 is 1.36 bits per heavy atom. The first kappa shape index (κ1) is 21.7. The van der Waals surface area contributed by atoms with E-state index in [1.54, 1.807) is 19.0 Å². The van der Waals surface area contributed by atoms with E-state index in [4.69, 9.17) is 4.74 Å². The third-order valence-corrected chi connectivity index (χ3v) is 3.99. The lowest BCUT2D eigenvalue weighted by atomic mass is 10.1. The largest absolute Gasteiger partial charge is 0.381 e. The van der Waals surface area contributed by atoms with Crippen molar-refractivity contribution in [3.63, 3.8) is 0 Å². The zero-order valence-corrected chi connectivity index (χ0v) is 17.6. The lowest BCUT2D eigenvalue weighted by Crippen LogP contribution is -2.44. The van der Waals surface area contributed by atoms with Gasteiger partial charge in [0.05, 0.1) is 19.7 Å². The summed E-state index contributed by atoms with van der Waals surface area (Å²) in [6.45, 7) is 5.29. The lowest BCUT2D eigenvalue weighted by molar-refractivity contribution is -0.127. The van der Waals surface area contributed by atoms with Crippen LogP contribution in [0.4, 0.5) is 0 Å². The summed E-state index contributed by atoms with van der Waals surface area (Å²) in [7, 11) is 3.49. The molecular weight excluding hydrogens is 431 g/mol. The average molecular weight is 460 g/mol. The second kappa shape index (κ2) is 11.3. The number of nitrogens with one attached hydrogen (secondary N) is 2. The first-order valence-electron chi connectivity index (χ1n) is 8.40. The number of guanidine groups is 1. The Kier molecular flexibility index (Phi) is 9.81. The van der Waals surface area contributed by atoms with Crippen LogP contribution in [0.15, 0.2) is 29.3 Å². The van der Waals surface area contributed by atoms with Crippen molar-refractivity contribution in [2.45, 2.75) is 19.9 Å². The summed E-state index contributed by atoms with van der Waals surface area (Å²) in [5.74, 6) is 1.18. The molecule has 1 amide bonds. The molecule has 2 N–H and O–H groups in total. The molecule has 1 atom stereocenters. The van der Waals surface area contributed by atoms with Crippen LogP contribution in [0.1, 0.15) is 17.5 Å². The van der Waals surface area contributed by atoms with Gasteiger partial charge in [0.2, 0.25) is 5.91 Å². The highest BCUT2D eigenvalue weighted by Gasteiger charge is 2.16. The molecule has 0 radical (unpaired) electrons. The minimum Gasteiger partial charge on any atom is -0.381 e. The van der Waals surface area contributed by atoms with Gasteiger partial charge in [-0.1, -0.05) is 29.8 Å². The number of amides is 1. The van der Waals surface area contributed by atoms with Crippen molar-refractivity contribution in [1.29, 1.82) is 0 Å². The third kappa shape index (κ3) is 8.04. The second-order valence-electron chi connectivity index (χ2n) is 6.41. The Labute approximate surface area is 167 Å². The number of nitrogens with zero attached hydrogens (tertiary/aromatic N) is 2. The maximum atomic E-state index is 11.8. The molecule has 1 unspecified atom stereocenters. The third-order valence-electron chi connectivity index (χ3n) is 3.99. The molecule has 6 nitrogen and oxygen atoms in total. The molecule has 25 heavy (non-hydrogen) atoms. The van der Waals surface area contributed by atoms with Crippen LogP contribution in [0.5, 0.6) is 0 Å². The number of halogens is 1. The van der Waals surface area contributed by atoms with Gasteiger partial charge in [-0.2, -0.15) is 0 Å². The summed E-state index contributed by atoms with van der Waals surface area (Å²) in [6.07, 6.45) is 1.06. The smallest absolute Gasteiger partial charge is 0.241 e. The van der Waals surface area contributed by atoms with Crippen LogP contribution in [0.25, 0.3) is 0 Å².